The van der Waals surface area contributed by atoms with Crippen LogP contribution >= 0.6 is 0 Å². The van der Waals surface area contributed by atoms with Crippen LogP contribution in [0.15, 0.2) is 62.3 Å². The Labute approximate surface area is 181 Å². The average molecular weight is 435 g/mol. The molecule has 0 unspecified atom stereocenters. The van der Waals surface area contributed by atoms with E-state index in [1.54, 1.807) is 30.2 Å². The highest BCUT2D eigenvalue weighted by Crippen LogP contribution is 2.32. The number of H-pyrrole nitrogens is 1. The van der Waals surface area contributed by atoms with Crippen molar-refractivity contribution >= 4 is 22.5 Å². The molecule has 3 aromatic heterocycles. The fourth-order valence-corrected chi connectivity index (χ4v) is 3.28. The summed E-state index contributed by atoms with van der Waals surface area (Å²) >= 11 is 0. The van der Waals surface area contributed by atoms with Gasteiger partial charge in [0.05, 0.1) is 29.2 Å². The first-order chi connectivity index (χ1) is 15.4. The summed E-state index contributed by atoms with van der Waals surface area (Å²) in [5.41, 5.74) is 1.75. The van der Waals surface area contributed by atoms with E-state index in [1.165, 1.54) is 23.5 Å². The first-order valence-corrected chi connectivity index (χ1v) is 9.53. The Balaban J connectivity index is 1.67. The molecule has 32 heavy (non-hydrogen) atoms. The zero-order valence-electron chi connectivity index (χ0n) is 17.1. The Kier molecular flexibility index (Phi) is 5.50. The molecule has 3 heterocycles. The Hall–Kier alpha value is -4.34. The van der Waals surface area contributed by atoms with Gasteiger partial charge in [-0.1, -0.05) is 13.2 Å². The predicted molar refractivity (Wildman–Crippen MR) is 117 cm³/mol. The highest BCUT2D eigenvalue weighted by atomic mass is 19.1. The molecule has 0 saturated heterocycles. The number of carbonyl (C=O) groups is 1. The maximum absolute atomic E-state index is 14.9. The van der Waals surface area contributed by atoms with Crippen molar-refractivity contribution in [3.8, 4) is 22.5 Å². The maximum atomic E-state index is 14.9. The van der Waals surface area contributed by atoms with Crippen molar-refractivity contribution in [2.45, 2.75) is 0 Å². The van der Waals surface area contributed by atoms with E-state index < -0.39 is 17.5 Å². The Morgan fingerprint density at radius 3 is 2.56 bits per heavy atom. The lowest BCUT2D eigenvalue weighted by Gasteiger charge is -2.14. The van der Waals surface area contributed by atoms with E-state index in [0.717, 1.165) is 17.7 Å². The lowest BCUT2D eigenvalue weighted by atomic mass is 10.1. The predicted octanol–water partition coefficient (Wildman–Crippen LogP) is 3.83. The van der Waals surface area contributed by atoms with E-state index in [4.69, 9.17) is 0 Å². The summed E-state index contributed by atoms with van der Waals surface area (Å²) in [5, 5.41) is 14.4. The van der Waals surface area contributed by atoms with Crippen LogP contribution in [-0.4, -0.2) is 42.3 Å². The van der Waals surface area contributed by atoms with Crippen molar-refractivity contribution in [2.24, 2.45) is 7.05 Å². The molecule has 0 saturated carbocycles. The first kappa shape index (κ1) is 20.9. The number of hydrogen-bond donors (Lipinski definition) is 2. The van der Waals surface area contributed by atoms with Crippen molar-refractivity contribution in [1.82, 2.24) is 29.9 Å². The summed E-state index contributed by atoms with van der Waals surface area (Å²) in [6.45, 7) is 7.00. The Morgan fingerprint density at radius 1 is 1.22 bits per heavy atom. The van der Waals surface area contributed by atoms with Gasteiger partial charge >= 0.3 is 0 Å². The molecular formula is C22H19F2N7O. The second kappa shape index (κ2) is 8.42. The zero-order valence-corrected chi connectivity index (χ0v) is 17.1. The number of nitrogens with zero attached hydrogens (tertiary/aromatic N) is 5. The number of halogens is 2. The van der Waals surface area contributed by atoms with Crippen LogP contribution in [0.3, 0.4) is 0 Å². The minimum atomic E-state index is -0.858. The van der Waals surface area contributed by atoms with Gasteiger partial charge in [0.25, 0.3) is 0 Å². The number of nitrogens with one attached hydrogen (secondary N) is 2. The van der Waals surface area contributed by atoms with Crippen molar-refractivity contribution < 1.29 is 13.6 Å². The van der Waals surface area contributed by atoms with Gasteiger partial charge in [0.1, 0.15) is 23.9 Å². The third kappa shape index (κ3) is 3.97. The van der Waals surface area contributed by atoms with Gasteiger partial charge in [0.15, 0.2) is 0 Å². The lowest BCUT2D eigenvalue weighted by molar-refractivity contribution is -0.116. The second-order valence-corrected chi connectivity index (χ2v) is 6.99. The van der Waals surface area contributed by atoms with Gasteiger partial charge in [-0.3, -0.25) is 19.6 Å². The number of benzene rings is 1. The third-order valence-corrected chi connectivity index (χ3v) is 4.80. The van der Waals surface area contributed by atoms with E-state index >= 15 is 0 Å². The van der Waals surface area contributed by atoms with Gasteiger partial charge in [-0.25, -0.2) is 8.78 Å². The smallest absolute Gasteiger partial charge is 0.244 e. The molecule has 0 aliphatic carbocycles. The summed E-state index contributed by atoms with van der Waals surface area (Å²) in [6.07, 6.45) is 7.72. The highest BCUT2D eigenvalue weighted by Gasteiger charge is 2.18. The minimum Gasteiger partial charge on any atom is -0.346 e. The minimum absolute atomic E-state index is 0.0118. The first-order valence-electron chi connectivity index (χ1n) is 9.53. The van der Waals surface area contributed by atoms with E-state index in [-0.39, 0.29) is 23.5 Å². The summed E-state index contributed by atoms with van der Waals surface area (Å²) in [5.74, 6) is -2.19. The quantitative estimate of drug-likeness (QED) is 0.460. The van der Waals surface area contributed by atoms with E-state index in [9.17, 15) is 13.6 Å². The molecule has 1 amide bonds. The van der Waals surface area contributed by atoms with Crippen LogP contribution in [0.25, 0.3) is 33.4 Å². The van der Waals surface area contributed by atoms with Gasteiger partial charge in [-0.15, -0.1) is 0 Å². The summed E-state index contributed by atoms with van der Waals surface area (Å²) < 4.78 is 31.4. The fourth-order valence-electron chi connectivity index (χ4n) is 3.28. The van der Waals surface area contributed by atoms with Crippen molar-refractivity contribution in [1.29, 1.82) is 0 Å². The van der Waals surface area contributed by atoms with Crippen LogP contribution in [0.5, 0.6) is 0 Å². The van der Waals surface area contributed by atoms with E-state index in [0.29, 0.717) is 16.6 Å². The maximum Gasteiger partial charge on any atom is 0.244 e. The molecule has 162 valence electrons. The molecule has 10 heteroatoms. The van der Waals surface area contributed by atoms with E-state index in [2.05, 4.69) is 38.8 Å². The SMILES string of the molecule is C=CN(C=C)CC(=O)Nc1cc(F)c(-c2cc3c(-c4cnn(C)c4)n[nH]c3cn2)c(F)c1. The summed E-state index contributed by atoms with van der Waals surface area (Å²) in [6, 6.07) is 3.66. The number of amides is 1. The molecule has 0 radical (unpaired) electrons. The molecule has 1 aromatic carbocycles. The monoisotopic (exact) mass is 435 g/mol. The molecule has 2 N–H and O–H groups in total. The number of rotatable bonds is 7. The van der Waals surface area contributed by atoms with Gasteiger partial charge < -0.3 is 10.2 Å². The molecule has 8 nitrogen and oxygen atoms in total. The number of hydrogen-bond acceptors (Lipinski definition) is 5. The molecule has 0 bridgehead atoms. The van der Waals surface area contributed by atoms with Crippen molar-refractivity contribution in [3.63, 3.8) is 0 Å². The molecule has 0 spiro atoms. The Morgan fingerprint density at radius 2 is 1.94 bits per heavy atom. The molecule has 0 fully saturated rings. The van der Waals surface area contributed by atoms with Gasteiger partial charge in [0.2, 0.25) is 5.91 Å². The van der Waals surface area contributed by atoms with Crippen molar-refractivity contribution in [3.05, 3.63) is 74.0 Å². The topological polar surface area (TPSA) is 91.7 Å². The van der Waals surface area contributed by atoms with Crippen LogP contribution in [0.2, 0.25) is 0 Å². The highest BCUT2D eigenvalue weighted by molar-refractivity contribution is 5.95. The van der Waals surface area contributed by atoms with Gasteiger partial charge in [-0.05, 0) is 30.6 Å². The number of fused-ring (bicyclic) bond motifs is 1. The largest absolute Gasteiger partial charge is 0.346 e. The fraction of sp³-hybridized carbons (Fsp3) is 0.0909. The molecule has 0 aliphatic heterocycles. The van der Waals surface area contributed by atoms with Crippen LogP contribution in [0.1, 0.15) is 0 Å². The summed E-state index contributed by atoms with van der Waals surface area (Å²) in [7, 11) is 1.78. The van der Waals surface area contributed by atoms with E-state index in [1.807, 2.05) is 0 Å². The molecular weight excluding hydrogens is 416 g/mol. The number of aryl methyl sites for hydroxylation is 1. The molecule has 4 rings (SSSR count). The van der Waals surface area contributed by atoms with Crippen LogP contribution in [0.4, 0.5) is 14.5 Å². The Bertz CT molecular complexity index is 1310. The number of carbonyl (C=O) groups excluding carboxylic acids is 1. The van der Waals surface area contributed by atoms with Crippen LogP contribution in [-0.2, 0) is 11.8 Å². The normalized spacial score (nSPS) is 10.8. The number of pyridine rings is 1. The number of aromatic amines is 1. The molecule has 0 atom stereocenters. The lowest BCUT2D eigenvalue weighted by Crippen LogP contribution is -2.25. The van der Waals surface area contributed by atoms with Crippen LogP contribution in [0, 0.1) is 11.6 Å². The molecule has 0 aliphatic rings. The zero-order chi connectivity index (χ0) is 22.8. The van der Waals surface area contributed by atoms with Gasteiger partial charge in [-0.2, -0.15) is 10.2 Å². The third-order valence-electron chi connectivity index (χ3n) is 4.80. The number of anilines is 1. The van der Waals surface area contributed by atoms with Crippen LogP contribution < -0.4 is 5.32 Å². The molecule has 4 aromatic rings. The average Bonchev–Trinajstić information content (AvgIpc) is 3.37. The second-order valence-electron chi connectivity index (χ2n) is 6.99. The van der Waals surface area contributed by atoms with Crippen molar-refractivity contribution in [2.75, 3.05) is 11.9 Å². The standard InChI is InChI=1S/C22H19F2N7O/c1-4-31(5-2)12-20(32)27-14-6-16(23)21(17(24)7-14)18-8-15-19(10-25-18)28-29-22(15)13-9-26-30(3)11-13/h4-11H,1-2,12H2,3H3,(H,27,32)(H,28,29). The number of aromatic nitrogens is 5. The van der Waals surface area contributed by atoms with Gasteiger partial charge in [0, 0.05) is 29.9 Å². The summed E-state index contributed by atoms with van der Waals surface area (Å²) in [4.78, 5) is 17.7.